The molecule has 2 aromatic rings. The SMILES string of the molecule is CCNC(=NCc1cc(F)ccc1F)NCCc1nc(C)c(C)s1. The molecule has 0 spiro atoms. The van der Waals surface area contributed by atoms with E-state index in [4.69, 9.17) is 0 Å². The minimum absolute atomic E-state index is 0.0778. The summed E-state index contributed by atoms with van der Waals surface area (Å²) in [7, 11) is 0. The van der Waals surface area contributed by atoms with Crippen molar-refractivity contribution in [1.82, 2.24) is 15.6 Å². The maximum absolute atomic E-state index is 13.6. The largest absolute Gasteiger partial charge is 0.357 e. The lowest BCUT2D eigenvalue weighted by atomic mass is 10.2. The Morgan fingerprint density at radius 3 is 2.71 bits per heavy atom. The van der Waals surface area contributed by atoms with Gasteiger partial charge >= 0.3 is 0 Å². The van der Waals surface area contributed by atoms with Crippen LogP contribution < -0.4 is 10.6 Å². The molecule has 0 aliphatic carbocycles. The topological polar surface area (TPSA) is 49.3 Å². The Balaban J connectivity index is 1.94. The van der Waals surface area contributed by atoms with E-state index in [0.717, 1.165) is 29.3 Å². The van der Waals surface area contributed by atoms with Gasteiger partial charge in [0.1, 0.15) is 11.6 Å². The number of benzene rings is 1. The zero-order valence-corrected chi connectivity index (χ0v) is 14.9. The molecule has 0 saturated heterocycles. The van der Waals surface area contributed by atoms with E-state index < -0.39 is 11.6 Å². The molecule has 0 aliphatic rings. The predicted molar refractivity (Wildman–Crippen MR) is 94.5 cm³/mol. The molecule has 1 heterocycles. The molecule has 130 valence electrons. The zero-order chi connectivity index (χ0) is 17.5. The monoisotopic (exact) mass is 352 g/mol. The van der Waals surface area contributed by atoms with Crippen molar-refractivity contribution >= 4 is 17.3 Å². The molecular formula is C17H22F2N4S. The average Bonchev–Trinajstić information content (AvgIpc) is 2.86. The normalized spacial score (nSPS) is 11.6. The number of aromatic nitrogens is 1. The molecule has 2 rings (SSSR count). The molecule has 0 atom stereocenters. The minimum atomic E-state index is -0.464. The van der Waals surface area contributed by atoms with E-state index in [2.05, 4.69) is 27.5 Å². The van der Waals surface area contributed by atoms with Crippen LogP contribution in [0.2, 0.25) is 0 Å². The van der Waals surface area contributed by atoms with Crippen LogP contribution in [0.3, 0.4) is 0 Å². The van der Waals surface area contributed by atoms with Crippen LogP contribution in [0, 0.1) is 25.5 Å². The van der Waals surface area contributed by atoms with Gasteiger partial charge in [-0.3, -0.25) is 0 Å². The molecule has 7 heteroatoms. The molecule has 24 heavy (non-hydrogen) atoms. The molecule has 1 aromatic carbocycles. The lowest BCUT2D eigenvalue weighted by Gasteiger charge is -2.11. The van der Waals surface area contributed by atoms with Crippen molar-refractivity contribution in [2.75, 3.05) is 13.1 Å². The van der Waals surface area contributed by atoms with Gasteiger partial charge in [0.25, 0.3) is 0 Å². The summed E-state index contributed by atoms with van der Waals surface area (Å²) in [6.07, 6.45) is 0.790. The lowest BCUT2D eigenvalue weighted by molar-refractivity contribution is 0.585. The van der Waals surface area contributed by atoms with Crippen molar-refractivity contribution in [1.29, 1.82) is 0 Å². The molecule has 0 unspecified atom stereocenters. The van der Waals surface area contributed by atoms with E-state index in [1.165, 1.54) is 10.9 Å². The highest BCUT2D eigenvalue weighted by Crippen LogP contribution is 2.16. The second-order valence-electron chi connectivity index (χ2n) is 5.36. The summed E-state index contributed by atoms with van der Waals surface area (Å²) in [5.74, 6) is -0.343. The van der Waals surface area contributed by atoms with Gasteiger partial charge in [-0.15, -0.1) is 11.3 Å². The number of guanidine groups is 1. The Labute approximate surface area is 145 Å². The standard InChI is InChI=1S/C17H22F2N4S/c1-4-20-17(21-8-7-16-23-11(2)12(3)24-16)22-10-13-9-14(18)5-6-15(13)19/h5-6,9H,4,7-8,10H2,1-3H3,(H2,20,21,22). The number of rotatable bonds is 6. The van der Waals surface area contributed by atoms with Crippen LogP contribution in [0.15, 0.2) is 23.2 Å². The molecule has 0 bridgehead atoms. The lowest BCUT2D eigenvalue weighted by Crippen LogP contribution is -2.38. The smallest absolute Gasteiger partial charge is 0.191 e. The number of nitrogens with zero attached hydrogens (tertiary/aromatic N) is 2. The van der Waals surface area contributed by atoms with E-state index in [1.54, 1.807) is 11.3 Å². The van der Waals surface area contributed by atoms with Crippen LogP contribution in [0.25, 0.3) is 0 Å². The molecule has 0 saturated carbocycles. The predicted octanol–water partition coefficient (Wildman–Crippen LogP) is 3.34. The van der Waals surface area contributed by atoms with Gasteiger partial charge in [0.15, 0.2) is 5.96 Å². The third kappa shape index (κ3) is 5.26. The van der Waals surface area contributed by atoms with Gasteiger partial charge in [-0.1, -0.05) is 0 Å². The number of hydrogen-bond donors (Lipinski definition) is 2. The fourth-order valence-corrected chi connectivity index (χ4v) is 3.04. The van der Waals surface area contributed by atoms with Crippen molar-refractivity contribution in [3.05, 3.63) is 51.0 Å². The molecule has 0 aliphatic heterocycles. The maximum Gasteiger partial charge on any atom is 0.191 e. The van der Waals surface area contributed by atoms with Crippen molar-refractivity contribution in [3.63, 3.8) is 0 Å². The summed E-state index contributed by atoms with van der Waals surface area (Å²) in [5.41, 5.74) is 1.30. The summed E-state index contributed by atoms with van der Waals surface area (Å²) in [5, 5.41) is 7.36. The fourth-order valence-electron chi connectivity index (χ4n) is 2.10. The highest BCUT2D eigenvalue weighted by Gasteiger charge is 2.06. The van der Waals surface area contributed by atoms with Gasteiger partial charge in [0.2, 0.25) is 0 Å². The third-order valence-electron chi connectivity index (χ3n) is 3.46. The summed E-state index contributed by atoms with van der Waals surface area (Å²) in [6, 6.07) is 3.39. The Morgan fingerprint density at radius 2 is 2.04 bits per heavy atom. The average molecular weight is 352 g/mol. The van der Waals surface area contributed by atoms with Crippen LogP contribution in [-0.4, -0.2) is 24.0 Å². The van der Waals surface area contributed by atoms with E-state index in [1.807, 2.05) is 13.8 Å². The second kappa shape index (κ2) is 8.73. The molecule has 0 fully saturated rings. The van der Waals surface area contributed by atoms with Crippen LogP contribution in [-0.2, 0) is 13.0 Å². The molecule has 2 N–H and O–H groups in total. The second-order valence-corrected chi connectivity index (χ2v) is 6.64. The summed E-state index contributed by atoms with van der Waals surface area (Å²) >= 11 is 1.69. The number of nitrogens with one attached hydrogen (secondary N) is 2. The van der Waals surface area contributed by atoms with Crippen molar-refractivity contribution in [2.24, 2.45) is 4.99 Å². The van der Waals surface area contributed by atoms with Gasteiger partial charge < -0.3 is 10.6 Å². The van der Waals surface area contributed by atoms with E-state index >= 15 is 0 Å². The molecule has 0 amide bonds. The van der Waals surface area contributed by atoms with Gasteiger partial charge in [-0.25, -0.2) is 18.8 Å². The van der Waals surface area contributed by atoms with E-state index in [-0.39, 0.29) is 12.1 Å². The van der Waals surface area contributed by atoms with Crippen LogP contribution in [0.4, 0.5) is 8.78 Å². The maximum atomic E-state index is 13.6. The Bertz CT molecular complexity index is 693. The van der Waals surface area contributed by atoms with Crippen LogP contribution in [0.1, 0.15) is 28.1 Å². The first kappa shape index (κ1) is 18.3. The van der Waals surface area contributed by atoms with Gasteiger partial charge in [-0.05, 0) is 39.0 Å². The Hall–Kier alpha value is -2.02. The van der Waals surface area contributed by atoms with Crippen LogP contribution in [0.5, 0.6) is 0 Å². The highest BCUT2D eigenvalue weighted by atomic mass is 32.1. The third-order valence-corrected chi connectivity index (χ3v) is 4.60. The number of aliphatic imine (C=N–C) groups is 1. The van der Waals surface area contributed by atoms with Gasteiger partial charge in [-0.2, -0.15) is 0 Å². The Kier molecular flexibility index (Phi) is 6.66. The molecular weight excluding hydrogens is 330 g/mol. The van der Waals surface area contributed by atoms with Crippen molar-refractivity contribution < 1.29 is 8.78 Å². The molecule has 0 radical (unpaired) electrons. The number of thiazole rings is 1. The Morgan fingerprint density at radius 1 is 1.25 bits per heavy atom. The number of halogens is 2. The summed E-state index contributed by atoms with van der Waals surface area (Å²) in [4.78, 5) is 10.0. The fraction of sp³-hybridized carbons (Fsp3) is 0.412. The zero-order valence-electron chi connectivity index (χ0n) is 14.1. The number of aryl methyl sites for hydroxylation is 2. The van der Waals surface area contributed by atoms with E-state index in [0.29, 0.717) is 19.0 Å². The molecule has 1 aromatic heterocycles. The van der Waals surface area contributed by atoms with Crippen molar-refractivity contribution in [3.8, 4) is 0 Å². The first-order valence-corrected chi connectivity index (χ1v) is 8.70. The van der Waals surface area contributed by atoms with Gasteiger partial charge in [0, 0.05) is 30.0 Å². The quantitative estimate of drug-likeness (QED) is 0.619. The highest BCUT2D eigenvalue weighted by molar-refractivity contribution is 7.11. The molecule has 4 nitrogen and oxygen atoms in total. The number of hydrogen-bond acceptors (Lipinski definition) is 3. The van der Waals surface area contributed by atoms with Crippen molar-refractivity contribution in [2.45, 2.75) is 33.7 Å². The first-order chi connectivity index (χ1) is 11.5. The van der Waals surface area contributed by atoms with Gasteiger partial charge in [0.05, 0.1) is 17.2 Å². The van der Waals surface area contributed by atoms with E-state index in [9.17, 15) is 8.78 Å². The van der Waals surface area contributed by atoms with Crippen LogP contribution >= 0.6 is 11.3 Å². The minimum Gasteiger partial charge on any atom is -0.357 e. The summed E-state index contributed by atoms with van der Waals surface area (Å²) in [6.45, 7) is 7.45. The first-order valence-electron chi connectivity index (χ1n) is 7.88. The summed E-state index contributed by atoms with van der Waals surface area (Å²) < 4.78 is 26.8.